The van der Waals surface area contributed by atoms with Crippen LogP contribution >= 0.6 is 0 Å². The molecule has 2 aromatic carbocycles. The van der Waals surface area contributed by atoms with Crippen molar-refractivity contribution in [1.29, 1.82) is 0 Å². The Labute approximate surface area is 184 Å². The van der Waals surface area contributed by atoms with E-state index in [1.807, 2.05) is 13.0 Å². The van der Waals surface area contributed by atoms with Gasteiger partial charge in [0.15, 0.2) is 0 Å². The van der Waals surface area contributed by atoms with Gasteiger partial charge in [0.05, 0.1) is 12.3 Å². The van der Waals surface area contributed by atoms with Crippen molar-refractivity contribution >= 4 is 23.2 Å². The zero-order valence-electron chi connectivity index (χ0n) is 18.4. The molecule has 0 radical (unpaired) electrons. The molecule has 0 unspecified atom stereocenters. The van der Waals surface area contributed by atoms with E-state index in [0.717, 1.165) is 39.0 Å². The summed E-state index contributed by atoms with van der Waals surface area (Å²) in [5.41, 5.74) is 2.97. The van der Waals surface area contributed by atoms with Crippen molar-refractivity contribution in [3.8, 4) is 5.75 Å². The number of benzene rings is 2. The number of carbonyl (C=O) groups excluding carboxylic acids is 2. The second-order valence-electron chi connectivity index (χ2n) is 7.70. The maximum atomic E-state index is 12.2. The second-order valence-corrected chi connectivity index (χ2v) is 7.70. The number of para-hydroxylation sites is 2. The van der Waals surface area contributed by atoms with Gasteiger partial charge in [0.25, 0.3) is 0 Å². The van der Waals surface area contributed by atoms with Gasteiger partial charge in [-0.3, -0.25) is 9.59 Å². The molecule has 0 aromatic heterocycles. The molecule has 1 aliphatic rings. The van der Waals surface area contributed by atoms with Crippen molar-refractivity contribution in [1.82, 2.24) is 10.2 Å². The standard InChI is InChI=1S/C24H32N4O3/c1-3-31-22-9-5-4-8-21(22)26-24(30)23(29)25-14-6-7-19-10-12-20(13-11-19)28-17-15-27(2)16-18-28/h4-5,8-13H,3,6-7,14-18H2,1-2H3,(H,25,29)(H,26,30). The minimum atomic E-state index is -0.691. The van der Waals surface area contributed by atoms with Crippen LogP contribution in [0.3, 0.4) is 0 Å². The number of likely N-dealkylation sites (N-methyl/N-ethyl adjacent to an activating group) is 1. The number of hydrogen-bond acceptors (Lipinski definition) is 5. The number of carbonyl (C=O) groups is 2. The molecule has 2 amide bonds. The van der Waals surface area contributed by atoms with E-state index in [1.54, 1.807) is 18.2 Å². The first kappa shape index (κ1) is 22.6. The van der Waals surface area contributed by atoms with Crippen molar-refractivity contribution < 1.29 is 14.3 Å². The van der Waals surface area contributed by atoms with Crippen molar-refractivity contribution in [3.63, 3.8) is 0 Å². The van der Waals surface area contributed by atoms with E-state index in [-0.39, 0.29) is 0 Å². The van der Waals surface area contributed by atoms with Crippen molar-refractivity contribution in [2.45, 2.75) is 19.8 Å². The fourth-order valence-corrected chi connectivity index (χ4v) is 3.54. The molecule has 1 fully saturated rings. The maximum Gasteiger partial charge on any atom is 0.313 e. The largest absolute Gasteiger partial charge is 0.492 e. The summed E-state index contributed by atoms with van der Waals surface area (Å²) in [6.45, 7) is 7.08. The Morgan fingerprint density at radius 3 is 2.39 bits per heavy atom. The van der Waals surface area contributed by atoms with Crippen LogP contribution in [0.25, 0.3) is 0 Å². The zero-order chi connectivity index (χ0) is 22.1. The van der Waals surface area contributed by atoms with Gasteiger partial charge in [0, 0.05) is 38.4 Å². The SMILES string of the molecule is CCOc1ccccc1NC(=O)C(=O)NCCCc1ccc(N2CCN(C)CC2)cc1. The number of aryl methyl sites for hydroxylation is 1. The average molecular weight is 425 g/mol. The summed E-state index contributed by atoms with van der Waals surface area (Å²) in [6, 6.07) is 15.7. The monoisotopic (exact) mass is 424 g/mol. The summed E-state index contributed by atoms with van der Waals surface area (Å²) < 4.78 is 5.47. The lowest BCUT2D eigenvalue weighted by atomic mass is 10.1. The fraction of sp³-hybridized carbons (Fsp3) is 0.417. The first-order chi connectivity index (χ1) is 15.1. The molecule has 0 spiro atoms. The molecule has 7 heteroatoms. The number of amides is 2. The van der Waals surface area contributed by atoms with E-state index in [9.17, 15) is 9.59 Å². The second kappa shape index (κ2) is 11.4. The average Bonchev–Trinajstić information content (AvgIpc) is 2.79. The highest BCUT2D eigenvalue weighted by molar-refractivity contribution is 6.39. The van der Waals surface area contributed by atoms with Crippen LogP contribution < -0.4 is 20.3 Å². The molecule has 0 saturated carbocycles. The predicted molar refractivity (Wildman–Crippen MR) is 124 cm³/mol. The fourth-order valence-electron chi connectivity index (χ4n) is 3.54. The molecule has 166 valence electrons. The van der Waals surface area contributed by atoms with Gasteiger partial charge in [-0.25, -0.2) is 0 Å². The van der Waals surface area contributed by atoms with E-state index in [2.05, 4.69) is 51.7 Å². The van der Waals surface area contributed by atoms with Crippen LogP contribution in [0.4, 0.5) is 11.4 Å². The van der Waals surface area contributed by atoms with E-state index < -0.39 is 11.8 Å². The van der Waals surface area contributed by atoms with Gasteiger partial charge in [-0.15, -0.1) is 0 Å². The Hall–Kier alpha value is -3.06. The highest BCUT2D eigenvalue weighted by atomic mass is 16.5. The van der Waals surface area contributed by atoms with Gasteiger partial charge in [-0.1, -0.05) is 24.3 Å². The van der Waals surface area contributed by atoms with Gasteiger partial charge >= 0.3 is 11.8 Å². The Balaban J connectivity index is 1.39. The number of rotatable bonds is 8. The summed E-state index contributed by atoms with van der Waals surface area (Å²) in [5, 5.41) is 5.30. The first-order valence-electron chi connectivity index (χ1n) is 10.9. The lowest BCUT2D eigenvalue weighted by molar-refractivity contribution is -0.136. The van der Waals surface area contributed by atoms with E-state index in [0.29, 0.717) is 24.6 Å². The lowest BCUT2D eigenvalue weighted by Gasteiger charge is -2.34. The smallest absolute Gasteiger partial charge is 0.313 e. The van der Waals surface area contributed by atoms with Gasteiger partial charge in [-0.05, 0) is 56.6 Å². The molecule has 1 aliphatic heterocycles. The number of anilines is 2. The van der Waals surface area contributed by atoms with Gasteiger partial charge in [0.1, 0.15) is 5.75 Å². The Kier molecular flexibility index (Phi) is 8.29. The van der Waals surface area contributed by atoms with Crippen LogP contribution in [0.5, 0.6) is 5.75 Å². The van der Waals surface area contributed by atoms with Gasteiger partial charge < -0.3 is 25.2 Å². The maximum absolute atomic E-state index is 12.2. The first-order valence-corrected chi connectivity index (χ1v) is 10.9. The molecule has 3 rings (SSSR count). The minimum Gasteiger partial charge on any atom is -0.492 e. The molecule has 0 bridgehead atoms. The van der Waals surface area contributed by atoms with Crippen LogP contribution in [0, 0.1) is 0 Å². The normalized spacial score (nSPS) is 14.2. The summed E-state index contributed by atoms with van der Waals surface area (Å²) in [6.07, 6.45) is 1.61. The molecule has 0 atom stereocenters. The zero-order valence-corrected chi connectivity index (χ0v) is 18.4. The molecular weight excluding hydrogens is 392 g/mol. The number of ether oxygens (including phenoxy) is 1. The highest BCUT2D eigenvalue weighted by Crippen LogP contribution is 2.23. The van der Waals surface area contributed by atoms with Crippen LogP contribution in [-0.2, 0) is 16.0 Å². The minimum absolute atomic E-state index is 0.444. The van der Waals surface area contributed by atoms with E-state index >= 15 is 0 Å². The molecular formula is C24H32N4O3. The lowest BCUT2D eigenvalue weighted by Crippen LogP contribution is -2.44. The number of hydrogen-bond donors (Lipinski definition) is 2. The summed E-state index contributed by atoms with van der Waals surface area (Å²) in [5.74, 6) is -0.786. The quantitative estimate of drug-likeness (QED) is 0.503. The Morgan fingerprint density at radius 2 is 1.68 bits per heavy atom. The van der Waals surface area contributed by atoms with Crippen LogP contribution in [-0.4, -0.2) is 63.1 Å². The topological polar surface area (TPSA) is 73.9 Å². The van der Waals surface area contributed by atoms with Gasteiger partial charge in [0.2, 0.25) is 0 Å². The summed E-state index contributed by atoms with van der Waals surface area (Å²) in [4.78, 5) is 29.0. The Morgan fingerprint density at radius 1 is 0.968 bits per heavy atom. The molecule has 31 heavy (non-hydrogen) atoms. The van der Waals surface area contributed by atoms with Crippen molar-refractivity contribution in [2.24, 2.45) is 0 Å². The summed E-state index contributed by atoms with van der Waals surface area (Å²) >= 11 is 0. The van der Waals surface area contributed by atoms with Crippen molar-refractivity contribution in [3.05, 3.63) is 54.1 Å². The molecule has 2 aromatic rings. The predicted octanol–water partition coefficient (Wildman–Crippen LogP) is 2.52. The van der Waals surface area contributed by atoms with Crippen molar-refractivity contribution in [2.75, 3.05) is 56.6 Å². The molecule has 7 nitrogen and oxygen atoms in total. The number of piperazine rings is 1. The van der Waals surface area contributed by atoms with Crippen LogP contribution in [0.1, 0.15) is 18.9 Å². The number of nitrogens with zero attached hydrogens (tertiary/aromatic N) is 2. The van der Waals surface area contributed by atoms with Gasteiger partial charge in [-0.2, -0.15) is 0 Å². The highest BCUT2D eigenvalue weighted by Gasteiger charge is 2.16. The van der Waals surface area contributed by atoms with E-state index in [4.69, 9.17) is 4.74 Å². The van der Waals surface area contributed by atoms with Crippen LogP contribution in [0.2, 0.25) is 0 Å². The summed E-state index contributed by atoms with van der Waals surface area (Å²) in [7, 11) is 2.16. The van der Waals surface area contributed by atoms with Crippen LogP contribution in [0.15, 0.2) is 48.5 Å². The Bertz CT molecular complexity index is 861. The third-order valence-electron chi connectivity index (χ3n) is 5.37. The molecule has 1 heterocycles. The third kappa shape index (κ3) is 6.72. The molecule has 1 saturated heterocycles. The number of nitrogens with one attached hydrogen (secondary N) is 2. The molecule has 0 aliphatic carbocycles. The molecule has 2 N–H and O–H groups in total. The third-order valence-corrected chi connectivity index (χ3v) is 5.37. The van der Waals surface area contributed by atoms with E-state index in [1.165, 1.54) is 11.3 Å².